The van der Waals surface area contributed by atoms with Gasteiger partial charge < -0.3 is 10.2 Å². The normalized spacial score (nSPS) is 39.5. The number of carboxylic acid groups (broad SMARTS) is 1. The number of aliphatic hydroxyl groups is 1. The van der Waals surface area contributed by atoms with Gasteiger partial charge in [0.2, 0.25) is 0 Å². The quantitative estimate of drug-likeness (QED) is 0.445. The second-order valence-electron chi connectivity index (χ2n) is 12.9. The standard InChI is InChI=1S/C30H44O4/c1-17(2)18(3)8-9-21(27(33)34)24-16-26(32)30(7)23-12-11-22-19(10-13-25(31)28(22,4)5)20(23)14-15-29(24,30)6/h12,14,17,19,21-22,24,26,32H,3,8-11,13,15-16H2,1-2,4-7H3,(H,33,34)/t19-,21-,22-,24-,26+,29-,30-/m1/s1. The summed E-state index contributed by atoms with van der Waals surface area (Å²) in [5.41, 5.74) is 2.55. The fourth-order valence-corrected chi connectivity index (χ4v) is 8.10. The predicted octanol–water partition coefficient (Wildman–Crippen LogP) is 6.35. The Morgan fingerprint density at radius 1 is 1.21 bits per heavy atom. The number of carbonyl (C=O) groups is 2. The van der Waals surface area contributed by atoms with Gasteiger partial charge in [-0.15, -0.1) is 0 Å². The van der Waals surface area contributed by atoms with Crippen LogP contribution >= 0.6 is 0 Å². The average Bonchev–Trinajstić information content (AvgIpc) is 2.97. The number of ketones is 1. The summed E-state index contributed by atoms with van der Waals surface area (Å²) in [7, 11) is 0. The highest BCUT2D eigenvalue weighted by Gasteiger charge is 2.65. The van der Waals surface area contributed by atoms with Crippen LogP contribution in [0.1, 0.15) is 86.5 Å². The van der Waals surface area contributed by atoms with E-state index in [1.807, 2.05) is 0 Å². The number of carbonyl (C=O) groups excluding carboxylic acids is 1. The third kappa shape index (κ3) is 3.50. The molecule has 0 aliphatic heterocycles. The highest BCUT2D eigenvalue weighted by atomic mass is 16.4. The van der Waals surface area contributed by atoms with Crippen molar-refractivity contribution in [3.8, 4) is 0 Å². The van der Waals surface area contributed by atoms with E-state index in [2.05, 4.69) is 60.3 Å². The first-order chi connectivity index (χ1) is 15.8. The second kappa shape index (κ2) is 8.47. The van der Waals surface area contributed by atoms with Crippen LogP contribution in [0.3, 0.4) is 0 Å². The molecule has 0 aromatic rings. The smallest absolute Gasteiger partial charge is 0.306 e. The molecular weight excluding hydrogens is 424 g/mol. The van der Waals surface area contributed by atoms with Crippen molar-refractivity contribution < 1.29 is 19.8 Å². The molecule has 0 spiro atoms. The van der Waals surface area contributed by atoms with Crippen LogP contribution in [0.5, 0.6) is 0 Å². The molecule has 0 saturated heterocycles. The van der Waals surface area contributed by atoms with Crippen LogP contribution in [0.25, 0.3) is 0 Å². The van der Waals surface area contributed by atoms with E-state index in [1.54, 1.807) is 0 Å². The lowest BCUT2D eigenvalue weighted by Crippen LogP contribution is -2.51. The third-order valence-electron chi connectivity index (χ3n) is 10.9. The minimum absolute atomic E-state index is 0.0919. The first-order valence-electron chi connectivity index (χ1n) is 13.3. The zero-order valence-electron chi connectivity index (χ0n) is 22.0. The molecule has 0 bridgehead atoms. The van der Waals surface area contributed by atoms with Gasteiger partial charge in [-0.2, -0.15) is 0 Å². The Labute approximate surface area is 205 Å². The number of aliphatic hydroxyl groups excluding tert-OH is 1. The van der Waals surface area contributed by atoms with E-state index in [1.165, 1.54) is 11.1 Å². The molecule has 0 heterocycles. The predicted molar refractivity (Wildman–Crippen MR) is 135 cm³/mol. The van der Waals surface area contributed by atoms with Gasteiger partial charge in [0.25, 0.3) is 0 Å². The molecule has 2 saturated carbocycles. The Morgan fingerprint density at radius 2 is 1.88 bits per heavy atom. The summed E-state index contributed by atoms with van der Waals surface area (Å²) in [6, 6.07) is 0. The lowest BCUT2D eigenvalue weighted by atomic mass is 9.48. The van der Waals surface area contributed by atoms with Crippen molar-refractivity contribution in [3.63, 3.8) is 0 Å². The van der Waals surface area contributed by atoms with E-state index in [0.717, 1.165) is 24.8 Å². The van der Waals surface area contributed by atoms with Crippen molar-refractivity contribution in [2.24, 2.45) is 45.8 Å². The lowest BCUT2D eigenvalue weighted by molar-refractivity contribution is -0.146. The maximum atomic E-state index is 12.7. The molecule has 0 amide bonds. The van der Waals surface area contributed by atoms with Gasteiger partial charge in [0.05, 0.1) is 12.0 Å². The van der Waals surface area contributed by atoms with Gasteiger partial charge in [0.1, 0.15) is 5.78 Å². The number of hydrogen-bond donors (Lipinski definition) is 2. The van der Waals surface area contributed by atoms with Crippen LogP contribution in [-0.2, 0) is 9.59 Å². The highest BCUT2D eigenvalue weighted by molar-refractivity contribution is 5.85. The number of hydrogen-bond acceptors (Lipinski definition) is 3. The summed E-state index contributed by atoms with van der Waals surface area (Å²) in [6.45, 7) is 17.0. The van der Waals surface area contributed by atoms with Crippen molar-refractivity contribution >= 4 is 11.8 Å². The molecule has 4 aliphatic rings. The van der Waals surface area contributed by atoms with Crippen molar-refractivity contribution in [1.82, 2.24) is 0 Å². The molecule has 2 N–H and O–H groups in total. The van der Waals surface area contributed by atoms with Gasteiger partial charge in [0.15, 0.2) is 0 Å². The Hall–Kier alpha value is -1.68. The van der Waals surface area contributed by atoms with Gasteiger partial charge in [0, 0.05) is 17.3 Å². The molecule has 4 aliphatic carbocycles. The highest BCUT2D eigenvalue weighted by Crippen LogP contribution is 2.69. The van der Waals surface area contributed by atoms with Crippen molar-refractivity contribution in [2.75, 3.05) is 0 Å². The zero-order chi connectivity index (χ0) is 25.2. The monoisotopic (exact) mass is 468 g/mol. The lowest BCUT2D eigenvalue weighted by Gasteiger charge is -2.56. The second-order valence-corrected chi connectivity index (χ2v) is 12.9. The SMILES string of the molecule is C=C(CC[C@@H](C(=O)O)[C@H]1C[C@H](O)[C@@]2(C)C3=CC[C@@H]4[C@H](CCC(=O)C4(C)C)C3=CC[C@]12C)C(C)C. The molecule has 0 unspecified atom stereocenters. The van der Waals surface area contributed by atoms with Gasteiger partial charge in [-0.3, -0.25) is 9.59 Å². The van der Waals surface area contributed by atoms with Crippen LogP contribution in [0.2, 0.25) is 0 Å². The molecule has 0 aromatic carbocycles. The number of allylic oxidation sites excluding steroid dienone is 4. The maximum absolute atomic E-state index is 12.7. The number of fused-ring (bicyclic) bond motifs is 5. The Kier molecular flexibility index (Phi) is 6.33. The van der Waals surface area contributed by atoms with Crippen molar-refractivity contribution in [1.29, 1.82) is 0 Å². The molecule has 188 valence electrons. The van der Waals surface area contributed by atoms with E-state index in [4.69, 9.17) is 0 Å². The molecule has 0 aromatic heterocycles. The Morgan fingerprint density at radius 3 is 2.50 bits per heavy atom. The van der Waals surface area contributed by atoms with Crippen LogP contribution < -0.4 is 0 Å². The van der Waals surface area contributed by atoms with E-state index in [9.17, 15) is 19.8 Å². The summed E-state index contributed by atoms with van der Waals surface area (Å²) in [5, 5.41) is 21.8. The number of Topliss-reactive ketones (excluding diaryl/α,β-unsaturated/α-hetero) is 1. The van der Waals surface area contributed by atoms with Crippen LogP contribution in [0, 0.1) is 45.8 Å². The van der Waals surface area contributed by atoms with Gasteiger partial charge in [-0.05, 0) is 78.8 Å². The Bertz CT molecular complexity index is 953. The molecule has 0 radical (unpaired) electrons. The van der Waals surface area contributed by atoms with Gasteiger partial charge in [-0.1, -0.05) is 65.8 Å². The molecule has 34 heavy (non-hydrogen) atoms. The largest absolute Gasteiger partial charge is 0.481 e. The molecule has 4 rings (SSSR count). The first-order valence-corrected chi connectivity index (χ1v) is 13.3. The topological polar surface area (TPSA) is 74.6 Å². The summed E-state index contributed by atoms with van der Waals surface area (Å²) in [6.07, 6.45) is 9.05. The minimum atomic E-state index is -0.751. The van der Waals surface area contributed by atoms with E-state index >= 15 is 0 Å². The molecule has 4 heteroatoms. The summed E-state index contributed by atoms with van der Waals surface area (Å²) in [4.78, 5) is 25.2. The van der Waals surface area contributed by atoms with Gasteiger partial charge >= 0.3 is 5.97 Å². The van der Waals surface area contributed by atoms with Crippen LogP contribution in [0.4, 0.5) is 0 Å². The number of rotatable bonds is 6. The van der Waals surface area contributed by atoms with E-state index in [0.29, 0.717) is 49.2 Å². The fraction of sp³-hybridized carbons (Fsp3) is 0.733. The molecule has 4 nitrogen and oxygen atoms in total. The molecular formula is C30H44O4. The number of carboxylic acids is 1. The third-order valence-corrected chi connectivity index (χ3v) is 10.9. The number of aliphatic carboxylic acids is 1. The van der Waals surface area contributed by atoms with E-state index < -0.39 is 23.4 Å². The molecule has 7 atom stereocenters. The summed E-state index contributed by atoms with van der Waals surface area (Å²) >= 11 is 0. The fourth-order valence-electron chi connectivity index (χ4n) is 8.10. The van der Waals surface area contributed by atoms with Crippen LogP contribution in [-0.4, -0.2) is 28.1 Å². The van der Waals surface area contributed by atoms with E-state index in [-0.39, 0.29) is 16.7 Å². The van der Waals surface area contributed by atoms with Crippen molar-refractivity contribution in [2.45, 2.75) is 92.6 Å². The minimum Gasteiger partial charge on any atom is -0.481 e. The van der Waals surface area contributed by atoms with Gasteiger partial charge in [-0.25, -0.2) is 0 Å². The summed E-state index contributed by atoms with van der Waals surface area (Å²) in [5.74, 6) is 0.0350. The Balaban J connectivity index is 1.69. The maximum Gasteiger partial charge on any atom is 0.306 e. The first kappa shape index (κ1) is 25.4. The van der Waals surface area contributed by atoms with Crippen molar-refractivity contribution in [3.05, 3.63) is 35.5 Å². The zero-order valence-corrected chi connectivity index (χ0v) is 22.0. The van der Waals surface area contributed by atoms with Crippen LogP contribution in [0.15, 0.2) is 35.5 Å². The average molecular weight is 469 g/mol. The molecule has 2 fully saturated rings. The summed E-state index contributed by atoms with van der Waals surface area (Å²) < 4.78 is 0.